The zero-order valence-corrected chi connectivity index (χ0v) is 20.5. The molecule has 2 atom stereocenters. The summed E-state index contributed by atoms with van der Waals surface area (Å²) in [6.07, 6.45) is 1.82. The van der Waals surface area contributed by atoms with Gasteiger partial charge in [0.25, 0.3) is 0 Å². The van der Waals surface area contributed by atoms with Crippen LogP contribution in [0.2, 0.25) is 10.0 Å². The SMILES string of the molecule is Cc1cc([C@@H]2[C@H](c3ccccn3)NC(=S)N2c2ccc(Cl)cc2)c(C)n1-c1ccc(Cl)cc1. The Morgan fingerprint density at radius 1 is 0.879 bits per heavy atom. The number of rotatable bonds is 4. The van der Waals surface area contributed by atoms with Gasteiger partial charge in [-0.3, -0.25) is 4.98 Å². The minimum Gasteiger partial charge on any atom is -0.351 e. The van der Waals surface area contributed by atoms with Gasteiger partial charge in [0.05, 0.1) is 17.8 Å². The summed E-state index contributed by atoms with van der Waals surface area (Å²) in [5.74, 6) is 0. The summed E-state index contributed by atoms with van der Waals surface area (Å²) < 4.78 is 2.25. The molecule has 1 N–H and O–H groups in total. The predicted molar refractivity (Wildman–Crippen MR) is 140 cm³/mol. The molecule has 0 saturated carbocycles. The van der Waals surface area contributed by atoms with Crippen molar-refractivity contribution in [1.82, 2.24) is 14.9 Å². The lowest BCUT2D eigenvalue weighted by Gasteiger charge is -2.28. The van der Waals surface area contributed by atoms with E-state index in [1.165, 1.54) is 5.56 Å². The van der Waals surface area contributed by atoms with Crippen molar-refractivity contribution >= 4 is 46.2 Å². The first kappa shape index (κ1) is 22.0. The number of hydrogen-bond donors (Lipinski definition) is 1. The summed E-state index contributed by atoms with van der Waals surface area (Å²) in [5, 5.41) is 5.59. The maximum Gasteiger partial charge on any atom is 0.174 e. The van der Waals surface area contributed by atoms with E-state index >= 15 is 0 Å². The molecule has 2 aromatic carbocycles. The highest BCUT2D eigenvalue weighted by Crippen LogP contribution is 2.43. The predicted octanol–water partition coefficient (Wildman–Crippen LogP) is 6.97. The van der Waals surface area contributed by atoms with Crippen molar-refractivity contribution in [3.8, 4) is 5.69 Å². The average Bonchev–Trinajstić information content (AvgIpc) is 3.31. The molecule has 1 fully saturated rings. The smallest absolute Gasteiger partial charge is 0.174 e. The largest absolute Gasteiger partial charge is 0.351 e. The van der Waals surface area contributed by atoms with Crippen molar-refractivity contribution in [1.29, 1.82) is 0 Å². The second-order valence-electron chi connectivity index (χ2n) is 8.11. The third-order valence-corrected chi connectivity index (χ3v) is 6.90. The molecule has 0 aliphatic carbocycles. The van der Waals surface area contributed by atoms with Crippen molar-refractivity contribution in [2.24, 2.45) is 0 Å². The van der Waals surface area contributed by atoms with Crippen LogP contribution in [0.15, 0.2) is 79.0 Å². The molecule has 1 aliphatic rings. The van der Waals surface area contributed by atoms with Crippen LogP contribution in [-0.2, 0) is 0 Å². The lowest BCUT2D eigenvalue weighted by Crippen LogP contribution is -2.29. The maximum absolute atomic E-state index is 6.17. The number of benzene rings is 2. The Morgan fingerprint density at radius 3 is 2.12 bits per heavy atom. The molecule has 4 aromatic rings. The topological polar surface area (TPSA) is 33.1 Å². The van der Waals surface area contributed by atoms with Crippen LogP contribution in [0.3, 0.4) is 0 Å². The van der Waals surface area contributed by atoms with E-state index in [0.717, 1.165) is 33.5 Å². The number of halogens is 2. The lowest BCUT2D eigenvalue weighted by atomic mass is 9.96. The average molecular weight is 493 g/mol. The van der Waals surface area contributed by atoms with Crippen molar-refractivity contribution in [2.75, 3.05) is 4.90 Å². The van der Waals surface area contributed by atoms with E-state index in [-0.39, 0.29) is 12.1 Å². The molecule has 0 spiro atoms. The quantitative estimate of drug-likeness (QED) is 0.311. The van der Waals surface area contributed by atoms with Crippen LogP contribution in [0, 0.1) is 13.8 Å². The van der Waals surface area contributed by atoms with Crippen LogP contribution < -0.4 is 10.2 Å². The fraction of sp³-hybridized carbons (Fsp3) is 0.154. The van der Waals surface area contributed by atoms with Gasteiger partial charge in [0.15, 0.2) is 5.11 Å². The van der Waals surface area contributed by atoms with Gasteiger partial charge in [0, 0.05) is 39.0 Å². The highest BCUT2D eigenvalue weighted by molar-refractivity contribution is 7.80. The highest BCUT2D eigenvalue weighted by Gasteiger charge is 2.42. The number of nitrogens with zero attached hydrogens (tertiary/aromatic N) is 3. The second-order valence-corrected chi connectivity index (χ2v) is 9.37. The van der Waals surface area contributed by atoms with Crippen molar-refractivity contribution in [2.45, 2.75) is 25.9 Å². The molecule has 166 valence electrons. The van der Waals surface area contributed by atoms with E-state index in [9.17, 15) is 0 Å². The molecule has 1 saturated heterocycles. The Labute approximate surface area is 208 Å². The van der Waals surface area contributed by atoms with Crippen molar-refractivity contribution < 1.29 is 0 Å². The molecule has 0 radical (unpaired) electrons. The van der Waals surface area contributed by atoms with Crippen LogP contribution in [0.25, 0.3) is 5.69 Å². The van der Waals surface area contributed by atoms with Gasteiger partial charge in [0.1, 0.15) is 0 Å². The highest BCUT2D eigenvalue weighted by atomic mass is 35.5. The monoisotopic (exact) mass is 492 g/mol. The van der Waals surface area contributed by atoms with Gasteiger partial charge in [0.2, 0.25) is 0 Å². The number of aryl methyl sites for hydroxylation is 1. The summed E-state index contributed by atoms with van der Waals surface area (Å²) in [7, 11) is 0. The van der Waals surface area contributed by atoms with Crippen LogP contribution in [0.5, 0.6) is 0 Å². The fourth-order valence-electron chi connectivity index (χ4n) is 4.63. The standard InChI is InChI=1S/C26H22Cl2N4S/c1-16-15-22(17(2)31(16)20-10-6-18(27)7-11-20)25-24(23-5-3-4-14-29-23)30-26(33)32(25)21-12-8-19(28)9-13-21/h3-15,24-25H,1-2H3,(H,30,33)/t24-,25+/m0/s1. The zero-order chi connectivity index (χ0) is 23.1. The van der Waals surface area contributed by atoms with Gasteiger partial charge in [-0.15, -0.1) is 0 Å². The molecule has 5 rings (SSSR count). The first-order valence-electron chi connectivity index (χ1n) is 10.6. The van der Waals surface area contributed by atoms with Crippen LogP contribution in [0.4, 0.5) is 5.69 Å². The van der Waals surface area contributed by atoms with Gasteiger partial charge < -0.3 is 14.8 Å². The van der Waals surface area contributed by atoms with E-state index in [1.807, 2.05) is 72.9 Å². The molecule has 4 nitrogen and oxygen atoms in total. The molecule has 1 aliphatic heterocycles. The summed E-state index contributed by atoms with van der Waals surface area (Å²) in [5.41, 5.74) is 6.46. The number of hydrogen-bond acceptors (Lipinski definition) is 2. The first-order valence-corrected chi connectivity index (χ1v) is 11.8. The first-order chi connectivity index (χ1) is 15.9. The summed E-state index contributed by atoms with van der Waals surface area (Å²) in [4.78, 5) is 6.81. The van der Waals surface area contributed by atoms with E-state index < -0.39 is 0 Å². The van der Waals surface area contributed by atoms with Gasteiger partial charge >= 0.3 is 0 Å². The number of nitrogens with one attached hydrogen (secondary N) is 1. The molecule has 0 unspecified atom stereocenters. The zero-order valence-electron chi connectivity index (χ0n) is 18.2. The fourth-order valence-corrected chi connectivity index (χ4v) is 5.22. The molecule has 7 heteroatoms. The van der Waals surface area contributed by atoms with E-state index in [0.29, 0.717) is 10.1 Å². The number of pyridine rings is 1. The normalized spacial score (nSPS) is 17.9. The molecule has 3 heterocycles. The van der Waals surface area contributed by atoms with Crippen molar-refractivity contribution in [3.05, 3.63) is 112 Å². The Bertz CT molecular complexity index is 1300. The van der Waals surface area contributed by atoms with Gasteiger partial charge in [-0.1, -0.05) is 29.3 Å². The molecule has 0 bridgehead atoms. The summed E-state index contributed by atoms with van der Waals surface area (Å²) in [6.45, 7) is 4.27. The minimum atomic E-state index is -0.103. The minimum absolute atomic E-state index is 0.0826. The van der Waals surface area contributed by atoms with E-state index in [2.05, 4.69) is 39.7 Å². The Hall–Kier alpha value is -2.86. The Kier molecular flexibility index (Phi) is 5.87. The van der Waals surface area contributed by atoms with Crippen LogP contribution in [0.1, 0.15) is 34.7 Å². The molecular formula is C26H22Cl2N4S. The maximum atomic E-state index is 6.17. The number of anilines is 1. The number of thiocarbonyl (C=S) groups is 1. The second kappa shape index (κ2) is 8.82. The van der Waals surface area contributed by atoms with Gasteiger partial charge in [-0.25, -0.2) is 0 Å². The molecule has 33 heavy (non-hydrogen) atoms. The molecule has 2 aromatic heterocycles. The Balaban J connectivity index is 1.67. The van der Waals surface area contributed by atoms with E-state index in [4.69, 9.17) is 35.4 Å². The van der Waals surface area contributed by atoms with Crippen LogP contribution in [-0.4, -0.2) is 14.7 Å². The van der Waals surface area contributed by atoms with Gasteiger partial charge in [-0.05, 0) is 98.4 Å². The van der Waals surface area contributed by atoms with Gasteiger partial charge in [-0.2, -0.15) is 0 Å². The van der Waals surface area contributed by atoms with Crippen molar-refractivity contribution in [3.63, 3.8) is 0 Å². The lowest BCUT2D eigenvalue weighted by molar-refractivity contribution is 0.565. The summed E-state index contributed by atoms with van der Waals surface area (Å²) >= 11 is 18.1. The van der Waals surface area contributed by atoms with Crippen LogP contribution >= 0.6 is 35.4 Å². The molecular weight excluding hydrogens is 471 g/mol. The Morgan fingerprint density at radius 2 is 1.52 bits per heavy atom. The summed E-state index contributed by atoms with van der Waals surface area (Å²) in [6, 6.07) is 23.7. The molecule has 0 amide bonds. The number of aromatic nitrogens is 2. The third kappa shape index (κ3) is 4.01. The van der Waals surface area contributed by atoms with E-state index in [1.54, 1.807) is 0 Å². The third-order valence-electron chi connectivity index (χ3n) is 6.08.